The normalized spacial score (nSPS) is 12.6. The maximum Gasteiger partial charge on any atom is 0.305 e. The Morgan fingerprint density at radius 2 is 1.88 bits per heavy atom. The number of carbonyl (C=O) groups excluding carboxylic acids is 1. The third-order valence-corrected chi connectivity index (χ3v) is 4.83. The fourth-order valence-corrected chi connectivity index (χ4v) is 2.97. The number of carboxylic acid groups (broad SMARTS) is 1. The van der Waals surface area contributed by atoms with Gasteiger partial charge in [0.15, 0.2) is 0 Å². The summed E-state index contributed by atoms with van der Waals surface area (Å²) in [5, 5.41) is 11.3. The number of benzene rings is 1. The van der Waals surface area contributed by atoms with Crippen molar-refractivity contribution in [2.24, 2.45) is 0 Å². The molecule has 3 N–H and O–H groups in total. The number of nitrogens with one attached hydrogen (secondary N) is 2. The number of aliphatic carboxylic acids is 1. The minimum absolute atomic E-state index is 0.0279. The number of carbonyl (C=O) groups is 2. The van der Waals surface area contributed by atoms with Gasteiger partial charge >= 0.3 is 5.97 Å². The summed E-state index contributed by atoms with van der Waals surface area (Å²) in [6.07, 6.45) is -0.311. The zero-order chi connectivity index (χ0) is 18.6. The molecule has 1 amide bonds. The van der Waals surface area contributed by atoms with E-state index in [-0.39, 0.29) is 22.8 Å². The van der Waals surface area contributed by atoms with Crippen molar-refractivity contribution in [2.75, 3.05) is 7.05 Å². The Hall–Kier alpha value is -2.65. The third kappa shape index (κ3) is 4.46. The van der Waals surface area contributed by atoms with Gasteiger partial charge in [-0.1, -0.05) is 30.3 Å². The lowest BCUT2D eigenvalue weighted by atomic mass is 10.0. The van der Waals surface area contributed by atoms with E-state index >= 15 is 0 Å². The van der Waals surface area contributed by atoms with Crippen LogP contribution < -0.4 is 10.0 Å². The fraction of sp³-hybridized carbons (Fsp3) is 0.250. The zero-order valence-corrected chi connectivity index (χ0v) is 14.5. The van der Waals surface area contributed by atoms with E-state index in [0.29, 0.717) is 5.56 Å². The minimum Gasteiger partial charge on any atom is -0.481 e. The fourth-order valence-electron chi connectivity index (χ4n) is 2.26. The predicted octanol–water partition coefficient (Wildman–Crippen LogP) is 1.44. The van der Waals surface area contributed by atoms with Gasteiger partial charge < -0.3 is 14.8 Å². The van der Waals surface area contributed by atoms with E-state index in [1.807, 2.05) is 0 Å². The van der Waals surface area contributed by atoms with Crippen molar-refractivity contribution in [3.8, 4) is 0 Å². The summed E-state index contributed by atoms with van der Waals surface area (Å²) in [4.78, 5) is 23.6. The average Bonchev–Trinajstić information content (AvgIpc) is 2.97. The van der Waals surface area contributed by atoms with E-state index < -0.39 is 27.9 Å². The standard InChI is InChI=1S/C16H18N2O6S/c1-10-12(8-15(24-10)25(22,23)17-2)16(21)18-13(9-14(19)20)11-6-4-3-5-7-11/h3-8,13,17H,9H2,1-2H3,(H,18,21)(H,19,20). The topological polar surface area (TPSA) is 126 Å². The highest BCUT2D eigenvalue weighted by Crippen LogP contribution is 2.22. The Morgan fingerprint density at radius 1 is 1.24 bits per heavy atom. The van der Waals surface area contributed by atoms with Gasteiger partial charge in [0.25, 0.3) is 15.9 Å². The van der Waals surface area contributed by atoms with Crippen molar-refractivity contribution in [1.82, 2.24) is 10.0 Å². The highest BCUT2D eigenvalue weighted by atomic mass is 32.2. The molecule has 0 radical (unpaired) electrons. The Bertz CT molecular complexity index is 873. The van der Waals surface area contributed by atoms with Gasteiger partial charge in [-0.2, -0.15) is 0 Å². The van der Waals surface area contributed by atoms with Crippen LogP contribution in [0.3, 0.4) is 0 Å². The van der Waals surface area contributed by atoms with Crippen LogP contribution in [-0.4, -0.2) is 32.4 Å². The maximum absolute atomic E-state index is 12.5. The molecule has 1 heterocycles. The summed E-state index contributed by atoms with van der Waals surface area (Å²) < 4.78 is 30.8. The molecule has 0 fully saturated rings. The van der Waals surface area contributed by atoms with Crippen LogP contribution in [0.1, 0.15) is 34.1 Å². The van der Waals surface area contributed by atoms with Gasteiger partial charge in [-0.3, -0.25) is 9.59 Å². The highest BCUT2D eigenvalue weighted by molar-refractivity contribution is 7.89. The van der Waals surface area contributed by atoms with Crippen LogP contribution in [0.5, 0.6) is 0 Å². The number of rotatable bonds is 7. The largest absolute Gasteiger partial charge is 0.481 e. The summed E-state index contributed by atoms with van der Waals surface area (Å²) in [7, 11) is -2.60. The molecule has 0 saturated heterocycles. The van der Waals surface area contributed by atoms with Crippen LogP contribution in [0.15, 0.2) is 45.9 Å². The van der Waals surface area contributed by atoms with E-state index in [4.69, 9.17) is 9.52 Å². The minimum atomic E-state index is -3.82. The van der Waals surface area contributed by atoms with Crippen molar-refractivity contribution >= 4 is 21.9 Å². The number of hydrogen-bond donors (Lipinski definition) is 3. The number of furan rings is 1. The van der Waals surface area contributed by atoms with E-state index in [0.717, 1.165) is 6.07 Å². The van der Waals surface area contributed by atoms with Gasteiger partial charge in [0.1, 0.15) is 5.76 Å². The summed E-state index contributed by atoms with van der Waals surface area (Å²) in [6.45, 7) is 1.46. The smallest absolute Gasteiger partial charge is 0.305 e. The molecule has 0 aliphatic rings. The van der Waals surface area contributed by atoms with Gasteiger partial charge in [-0.25, -0.2) is 13.1 Å². The number of sulfonamides is 1. The molecule has 25 heavy (non-hydrogen) atoms. The van der Waals surface area contributed by atoms with Crippen LogP contribution in [-0.2, 0) is 14.8 Å². The molecule has 0 spiro atoms. The first kappa shape index (κ1) is 18.7. The first-order valence-electron chi connectivity index (χ1n) is 7.36. The second kappa shape index (κ2) is 7.49. The molecule has 2 rings (SSSR count). The molecular formula is C16H18N2O6S. The van der Waals surface area contributed by atoms with Gasteiger partial charge in [0, 0.05) is 6.07 Å². The van der Waals surface area contributed by atoms with Gasteiger partial charge in [-0.15, -0.1) is 0 Å². The summed E-state index contributed by atoms with van der Waals surface area (Å²) in [6, 6.07) is 9.00. The number of aryl methyl sites for hydroxylation is 1. The van der Waals surface area contributed by atoms with E-state index in [1.54, 1.807) is 30.3 Å². The van der Waals surface area contributed by atoms with Crippen molar-refractivity contribution < 1.29 is 27.5 Å². The van der Waals surface area contributed by atoms with E-state index in [9.17, 15) is 18.0 Å². The molecule has 2 aromatic rings. The van der Waals surface area contributed by atoms with Crippen LogP contribution in [0, 0.1) is 6.92 Å². The van der Waals surface area contributed by atoms with Crippen LogP contribution >= 0.6 is 0 Å². The quantitative estimate of drug-likeness (QED) is 0.681. The molecule has 134 valence electrons. The molecule has 1 unspecified atom stereocenters. The van der Waals surface area contributed by atoms with Gasteiger partial charge in [0.2, 0.25) is 5.09 Å². The van der Waals surface area contributed by atoms with Crippen molar-refractivity contribution in [1.29, 1.82) is 0 Å². The lowest BCUT2D eigenvalue weighted by Gasteiger charge is -2.17. The number of amides is 1. The van der Waals surface area contributed by atoms with Crippen LogP contribution in [0.25, 0.3) is 0 Å². The molecule has 8 nitrogen and oxygen atoms in total. The zero-order valence-electron chi connectivity index (χ0n) is 13.6. The first-order chi connectivity index (χ1) is 11.7. The second-order valence-corrected chi connectivity index (χ2v) is 7.09. The average molecular weight is 366 g/mol. The number of carboxylic acids is 1. The molecule has 1 atom stereocenters. The van der Waals surface area contributed by atoms with E-state index in [2.05, 4.69) is 10.0 Å². The summed E-state index contributed by atoms with van der Waals surface area (Å²) in [5.74, 6) is -1.57. The van der Waals surface area contributed by atoms with Gasteiger partial charge in [-0.05, 0) is 19.5 Å². The molecule has 1 aromatic heterocycles. The molecule has 0 saturated carbocycles. The van der Waals surface area contributed by atoms with Crippen molar-refractivity contribution in [2.45, 2.75) is 24.5 Å². The summed E-state index contributed by atoms with van der Waals surface area (Å²) in [5.41, 5.74) is 0.655. The van der Waals surface area contributed by atoms with Gasteiger partial charge in [0.05, 0.1) is 18.0 Å². The molecule has 9 heteroatoms. The third-order valence-electron chi connectivity index (χ3n) is 3.56. The van der Waals surface area contributed by atoms with Crippen molar-refractivity contribution in [3.63, 3.8) is 0 Å². The molecule has 0 bridgehead atoms. The highest BCUT2D eigenvalue weighted by Gasteiger charge is 2.25. The molecule has 0 aliphatic heterocycles. The lowest BCUT2D eigenvalue weighted by Crippen LogP contribution is -2.30. The predicted molar refractivity (Wildman–Crippen MR) is 88.6 cm³/mol. The summed E-state index contributed by atoms with van der Waals surface area (Å²) >= 11 is 0. The van der Waals surface area contributed by atoms with Crippen LogP contribution in [0.2, 0.25) is 0 Å². The first-order valence-corrected chi connectivity index (χ1v) is 8.84. The Kier molecular flexibility index (Phi) is 5.60. The van der Waals surface area contributed by atoms with E-state index in [1.165, 1.54) is 14.0 Å². The Morgan fingerprint density at radius 3 is 2.44 bits per heavy atom. The number of hydrogen-bond acceptors (Lipinski definition) is 5. The lowest BCUT2D eigenvalue weighted by molar-refractivity contribution is -0.137. The Balaban J connectivity index is 2.29. The Labute approximate surface area is 144 Å². The SMILES string of the molecule is CNS(=O)(=O)c1cc(C(=O)NC(CC(=O)O)c2ccccc2)c(C)o1. The molecular weight excluding hydrogens is 348 g/mol. The second-order valence-electron chi connectivity index (χ2n) is 5.28. The molecule has 1 aromatic carbocycles. The van der Waals surface area contributed by atoms with Crippen LogP contribution in [0.4, 0.5) is 0 Å². The molecule has 0 aliphatic carbocycles. The van der Waals surface area contributed by atoms with Crippen molar-refractivity contribution in [3.05, 3.63) is 53.3 Å². The maximum atomic E-state index is 12.5. The monoisotopic (exact) mass is 366 g/mol.